The lowest BCUT2D eigenvalue weighted by Crippen LogP contribution is -2.27. The van der Waals surface area contributed by atoms with Crippen molar-refractivity contribution in [1.29, 1.82) is 0 Å². The lowest BCUT2D eigenvalue weighted by Gasteiger charge is -2.20. The third kappa shape index (κ3) is 3.42. The summed E-state index contributed by atoms with van der Waals surface area (Å²) in [6.07, 6.45) is 0. The second-order valence-electron chi connectivity index (χ2n) is 5.36. The van der Waals surface area contributed by atoms with E-state index < -0.39 is 0 Å². The summed E-state index contributed by atoms with van der Waals surface area (Å²) < 4.78 is 5.33. The molecule has 116 valence electrons. The van der Waals surface area contributed by atoms with Crippen molar-refractivity contribution in [2.75, 3.05) is 14.2 Å². The van der Waals surface area contributed by atoms with Crippen LogP contribution in [0.4, 0.5) is 0 Å². The van der Waals surface area contributed by atoms with Crippen LogP contribution in [0, 0.1) is 13.8 Å². The molecule has 0 bridgehead atoms. The predicted molar refractivity (Wildman–Crippen MR) is 89.7 cm³/mol. The van der Waals surface area contributed by atoms with Gasteiger partial charge in [0.15, 0.2) is 0 Å². The number of rotatable bonds is 4. The smallest absolute Gasteiger partial charge is 0.254 e. The Morgan fingerprint density at radius 3 is 2.64 bits per heavy atom. The Bertz CT molecular complexity index is 697. The highest BCUT2D eigenvalue weighted by atomic mass is 35.5. The first kappa shape index (κ1) is 16.4. The molecule has 4 heteroatoms. The van der Waals surface area contributed by atoms with Crippen molar-refractivity contribution in [2.24, 2.45) is 0 Å². The van der Waals surface area contributed by atoms with E-state index in [1.807, 2.05) is 44.2 Å². The number of carbonyl (C=O) groups excluding carboxylic acids is 1. The fourth-order valence-electron chi connectivity index (χ4n) is 2.39. The van der Waals surface area contributed by atoms with E-state index >= 15 is 0 Å². The molecule has 0 aromatic heterocycles. The normalized spacial score (nSPS) is 10.4. The van der Waals surface area contributed by atoms with Crippen molar-refractivity contribution in [2.45, 2.75) is 20.4 Å². The zero-order valence-corrected chi connectivity index (χ0v) is 14.1. The van der Waals surface area contributed by atoms with Crippen LogP contribution in [-0.2, 0) is 6.54 Å². The fourth-order valence-corrected chi connectivity index (χ4v) is 2.58. The van der Waals surface area contributed by atoms with Crippen LogP contribution in [0.2, 0.25) is 5.02 Å². The first-order valence-corrected chi connectivity index (χ1v) is 7.46. The second kappa shape index (κ2) is 6.84. The van der Waals surface area contributed by atoms with E-state index in [0.29, 0.717) is 11.6 Å². The maximum atomic E-state index is 12.7. The molecule has 0 aliphatic rings. The third-order valence-electron chi connectivity index (χ3n) is 3.83. The molecule has 0 unspecified atom stereocenters. The van der Waals surface area contributed by atoms with Gasteiger partial charge < -0.3 is 9.64 Å². The molecule has 0 radical (unpaired) electrons. The summed E-state index contributed by atoms with van der Waals surface area (Å²) in [4.78, 5) is 14.3. The molecule has 1 amide bonds. The van der Waals surface area contributed by atoms with E-state index in [1.165, 1.54) is 0 Å². The van der Waals surface area contributed by atoms with Crippen LogP contribution in [0.25, 0.3) is 0 Å². The summed E-state index contributed by atoms with van der Waals surface area (Å²) in [7, 11) is 3.39. The molecule has 0 N–H and O–H groups in total. The minimum absolute atomic E-state index is 0.0109. The number of nitrogens with zero attached hydrogens (tertiary/aromatic N) is 1. The van der Waals surface area contributed by atoms with Gasteiger partial charge in [-0.1, -0.05) is 23.7 Å². The molecule has 0 fully saturated rings. The highest BCUT2D eigenvalue weighted by Crippen LogP contribution is 2.24. The Kier molecular flexibility index (Phi) is 5.09. The van der Waals surface area contributed by atoms with Crippen LogP contribution in [0.3, 0.4) is 0 Å². The summed E-state index contributed by atoms with van der Waals surface area (Å²) >= 11 is 6.04. The van der Waals surface area contributed by atoms with Crippen LogP contribution in [0.1, 0.15) is 27.0 Å². The zero-order valence-electron chi connectivity index (χ0n) is 13.3. The van der Waals surface area contributed by atoms with Gasteiger partial charge in [-0.2, -0.15) is 0 Å². The molecule has 2 aromatic rings. The van der Waals surface area contributed by atoms with Gasteiger partial charge in [0.1, 0.15) is 5.75 Å². The highest BCUT2D eigenvalue weighted by Gasteiger charge is 2.16. The van der Waals surface area contributed by atoms with E-state index in [9.17, 15) is 4.79 Å². The van der Waals surface area contributed by atoms with Gasteiger partial charge in [-0.05, 0) is 49.2 Å². The molecule has 0 saturated carbocycles. The SMILES string of the molecule is COc1ccc(Cl)cc1CN(C)C(=O)c1cccc(C)c1C. The average molecular weight is 318 g/mol. The number of ether oxygens (including phenoxy) is 1. The van der Waals surface area contributed by atoms with Crippen molar-refractivity contribution in [3.8, 4) is 5.75 Å². The molecular weight excluding hydrogens is 298 g/mol. The molecule has 2 aromatic carbocycles. The lowest BCUT2D eigenvalue weighted by atomic mass is 10.0. The number of carbonyl (C=O) groups is 1. The van der Waals surface area contributed by atoms with Crippen LogP contribution < -0.4 is 4.74 Å². The van der Waals surface area contributed by atoms with Gasteiger partial charge in [-0.15, -0.1) is 0 Å². The van der Waals surface area contributed by atoms with Crippen LogP contribution >= 0.6 is 11.6 Å². The average Bonchev–Trinajstić information content (AvgIpc) is 2.49. The Hall–Kier alpha value is -2.00. The number of halogens is 1. The van der Waals surface area contributed by atoms with Crippen molar-refractivity contribution in [3.05, 3.63) is 63.7 Å². The number of methoxy groups -OCH3 is 1. The van der Waals surface area contributed by atoms with Gasteiger partial charge in [0.05, 0.1) is 7.11 Å². The van der Waals surface area contributed by atoms with E-state index in [-0.39, 0.29) is 5.91 Å². The quantitative estimate of drug-likeness (QED) is 0.844. The number of hydrogen-bond donors (Lipinski definition) is 0. The molecule has 3 nitrogen and oxygen atoms in total. The first-order valence-electron chi connectivity index (χ1n) is 7.08. The molecule has 0 saturated heterocycles. The summed E-state index contributed by atoms with van der Waals surface area (Å²) in [5.41, 5.74) is 3.73. The van der Waals surface area contributed by atoms with Gasteiger partial charge in [0.2, 0.25) is 0 Å². The Labute approximate surface area is 136 Å². The number of hydrogen-bond acceptors (Lipinski definition) is 2. The zero-order chi connectivity index (χ0) is 16.3. The first-order chi connectivity index (χ1) is 10.4. The van der Waals surface area contributed by atoms with Crippen molar-refractivity contribution < 1.29 is 9.53 Å². The minimum atomic E-state index is -0.0109. The number of aryl methyl sites for hydroxylation is 1. The van der Waals surface area contributed by atoms with E-state index in [4.69, 9.17) is 16.3 Å². The van der Waals surface area contributed by atoms with Crippen molar-refractivity contribution in [1.82, 2.24) is 4.90 Å². The summed E-state index contributed by atoms with van der Waals surface area (Å²) in [5, 5.41) is 0.628. The second-order valence-corrected chi connectivity index (χ2v) is 5.80. The van der Waals surface area contributed by atoms with Gasteiger partial charge in [0, 0.05) is 29.7 Å². The van der Waals surface area contributed by atoms with Gasteiger partial charge in [-0.3, -0.25) is 4.79 Å². The van der Waals surface area contributed by atoms with Gasteiger partial charge >= 0.3 is 0 Å². The molecule has 0 spiro atoms. The molecule has 22 heavy (non-hydrogen) atoms. The van der Waals surface area contributed by atoms with Crippen molar-refractivity contribution in [3.63, 3.8) is 0 Å². The van der Waals surface area contributed by atoms with Gasteiger partial charge in [0.25, 0.3) is 5.91 Å². The largest absolute Gasteiger partial charge is 0.496 e. The molecule has 0 aliphatic heterocycles. The van der Waals surface area contributed by atoms with Crippen LogP contribution in [0.15, 0.2) is 36.4 Å². The van der Waals surface area contributed by atoms with Crippen LogP contribution in [0.5, 0.6) is 5.75 Å². The van der Waals surface area contributed by atoms with E-state index in [0.717, 1.165) is 28.0 Å². The Morgan fingerprint density at radius 2 is 1.95 bits per heavy atom. The van der Waals surface area contributed by atoms with Gasteiger partial charge in [-0.25, -0.2) is 0 Å². The molecule has 2 rings (SSSR count). The maximum Gasteiger partial charge on any atom is 0.254 e. The minimum Gasteiger partial charge on any atom is -0.496 e. The maximum absolute atomic E-state index is 12.7. The van der Waals surface area contributed by atoms with Crippen LogP contribution in [-0.4, -0.2) is 25.0 Å². The summed E-state index contributed by atoms with van der Waals surface area (Å²) in [6.45, 7) is 4.42. The number of amides is 1. The van der Waals surface area contributed by atoms with E-state index in [2.05, 4.69) is 0 Å². The number of benzene rings is 2. The molecule has 0 atom stereocenters. The highest BCUT2D eigenvalue weighted by molar-refractivity contribution is 6.30. The Balaban J connectivity index is 2.25. The van der Waals surface area contributed by atoms with Crippen molar-refractivity contribution >= 4 is 17.5 Å². The summed E-state index contributed by atoms with van der Waals surface area (Å²) in [6, 6.07) is 11.2. The van der Waals surface area contributed by atoms with E-state index in [1.54, 1.807) is 25.1 Å². The predicted octanol–water partition coefficient (Wildman–Crippen LogP) is 4.24. The molecule has 0 heterocycles. The standard InChI is InChI=1S/C18H20ClNO2/c1-12-6-5-7-16(13(12)2)18(21)20(3)11-14-10-15(19)8-9-17(14)22-4/h5-10H,11H2,1-4H3. The topological polar surface area (TPSA) is 29.5 Å². The summed E-state index contributed by atoms with van der Waals surface area (Å²) in [5.74, 6) is 0.716. The third-order valence-corrected chi connectivity index (χ3v) is 4.07. The Morgan fingerprint density at radius 1 is 1.23 bits per heavy atom. The fraction of sp³-hybridized carbons (Fsp3) is 0.278. The molecular formula is C18H20ClNO2. The molecule has 0 aliphatic carbocycles. The monoisotopic (exact) mass is 317 g/mol. The lowest BCUT2D eigenvalue weighted by molar-refractivity contribution is 0.0783.